The van der Waals surface area contributed by atoms with Crippen LogP contribution in [-0.4, -0.2) is 39.8 Å². The molecule has 1 aromatic rings. The Hall–Kier alpha value is -1.52. The molecule has 0 saturated heterocycles. The number of carbonyl (C=O) groups is 1. The number of amides is 1. The van der Waals surface area contributed by atoms with Gasteiger partial charge in [-0.15, -0.1) is 0 Å². The van der Waals surface area contributed by atoms with Crippen LogP contribution in [0.1, 0.15) is 10.5 Å². The molecule has 0 bridgehead atoms. The van der Waals surface area contributed by atoms with Gasteiger partial charge in [0.2, 0.25) is 0 Å². The third-order valence-electron chi connectivity index (χ3n) is 1.53. The Morgan fingerprint density at radius 3 is 2.58 bits per heavy atom. The molecule has 0 saturated carbocycles. The molecule has 5 nitrogen and oxygen atoms in total. The first-order valence-corrected chi connectivity index (χ1v) is 3.46. The van der Waals surface area contributed by atoms with E-state index in [0.717, 1.165) is 0 Å². The van der Waals surface area contributed by atoms with E-state index >= 15 is 0 Å². The number of hydrogen-bond acceptors (Lipinski definition) is 3. The third-order valence-corrected chi connectivity index (χ3v) is 1.53. The van der Waals surface area contributed by atoms with Crippen LogP contribution < -0.4 is 0 Å². The fourth-order valence-electron chi connectivity index (χ4n) is 0.886. The largest absolute Gasteiger partial charge is 0.504 e. The number of nitrogens with zero attached hydrogens (tertiary/aromatic N) is 3. The van der Waals surface area contributed by atoms with Crippen molar-refractivity contribution in [1.82, 2.24) is 14.7 Å². The molecule has 1 N–H and O–H groups in total. The van der Waals surface area contributed by atoms with E-state index in [1.54, 1.807) is 21.1 Å². The maximum absolute atomic E-state index is 11.4. The molecule has 0 fully saturated rings. The van der Waals surface area contributed by atoms with Gasteiger partial charge in [-0.25, -0.2) is 0 Å². The molecule has 0 spiro atoms. The van der Waals surface area contributed by atoms with E-state index in [0.29, 0.717) is 0 Å². The second-order valence-electron chi connectivity index (χ2n) is 2.70. The molecule has 1 aromatic heterocycles. The van der Waals surface area contributed by atoms with E-state index in [1.807, 2.05) is 0 Å². The Morgan fingerprint density at radius 2 is 2.25 bits per heavy atom. The lowest BCUT2D eigenvalue weighted by Crippen LogP contribution is -2.24. The average molecular weight is 169 g/mol. The van der Waals surface area contributed by atoms with Gasteiger partial charge in [-0.1, -0.05) is 0 Å². The van der Waals surface area contributed by atoms with Crippen LogP contribution in [0.2, 0.25) is 0 Å². The molecule has 0 aliphatic carbocycles. The van der Waals surface area contributed by atoms with Gasteiger partial charge >= 0.3 is 0 Å². The minimum Gasteiger partial charge on any atom is -0.504 e. The predicted molar refractivity (Wildman–Crippen MR) is 42.9 cm³/mol. The standard InChI is InChI=1S/C7H11N3O2/c1-9(2)7(12)6-5(11)4-8-10(6)3/h4,11H,1-3H3. The van der Waals surface area contributed by atoms with E-state index in [-0.39, 0.29) is 17.4 Å². The van der Waals surface area contributed by atoms with Gasteiger partial charge in [0, 0.05) is 21.1 Å². The van der Waals surface area contributed by atoms with E-state index in [4.69, 9.17) is 0 Å². The Kier molecular flexibility index (Phi) is 2.03. The first-order valence-electron chi connectivity index (χ1n) is 3.46. The lowest BCUT2D eigenvalue weighted by Gasteiger charge is -2.09. The van der Waals surface area contributed by atoms with Crippen molar-refractivity contribution in [1.29, 1.82) is 0 Å². The highest BCUT2D eigenvalue weighted by molar-refractivity contribution is 5.94. The predicted octanol–water partition coefficient (Wildman–Crippen LogP) is -0.173. The van der Waals surface area contributed by atoms with E-state index in [1.165, 1.54) is 15.8 Å². The van der Waals surface area contributed by atoms with Gasteiger partial charge in [0.15, 0.2) is 11.4 Å². The van der Waals surface area contributed by atoms with Gasteiger partial charge in [0.1, 0.15) is 0 Å². The van der Waals surface area contributed by atoms with Crippen LogP contribution in [0.3, 0.4) is 0 Å². The molecular weight excluding hydrogens is 158 g/mol. The van der Waals surface area contributed by atoms with E-state index in [2.05, 4.69) is 5.10 Å². The quantitative estimate of drug-likeness (QED) is 0.634. The van der Waals surface area contributed by atoms with Crippen LogP contribution in [0.5, 0.6) is 5.75 Å². The molecule has 0 aliphatic rings. The molecule has 12 heavy (non-hydrogen) atoms. The summed E-state index contributed by atoms with van der Waals surface area (Å²) in [6.07, 6.45) is 1.25. The minimum absolute atomic E-state index is 0.0869. The summed E-state index contributed by atoms with van der Waals surface area (Å²) in [7, 11) is 4.85. The zero-order chi connectivity index (χ0) is 9.30. The zero-order valence-corrected chi connectivity index (χ0v) is 7.27. The summed E-state index contributed by atoms with van der Waals surface area (Å²) in [6.45, 7) is 0. The van der Waals surface area contributed by atoms with Crippen molar-refractivity contribution in [3.63, 3.8) is 0 Å². The van der Waals surface area contributed by atoms with E-state index < -0.39 is 0 Å². The van der Waals surface area contributed by atoms with Crippen molar-refractivity contribution >= 4 is 5.91 Å². The zero-order valence-electron chi connectivity index (χ0n) is 7.27. The highest BCUT2D eigenvalue weighted by Crippen LogP contribution is 2.15. The Morgan fingerprint density at radius 1 is 1.67 bits per heavy atom. The summed E-state index contributed by atoms with van der Waals surface area (Å²) >= 11 is 0. The molecule has 5 heteroatoms. The second kappa shape index (κ2) is 2.84. The summed E-state index contributed by atoms with van der Waals surface area (Å²) in [5, 5.41) is 13.0. The van der Waals surface area contributed by atoms with Gasteiger partial charge in [-0.2, -0.15) is 5.10 Å². The molecule has 0 aliphatic heterocycles. The summed E-state index contributed by atoms with van der Waals surface area (Å²) in [5.74, 6) is -0.344. The molecule has 0 radical (unpaired) electrons. The molecule has 1 heterocycles. The van der Waals surface area contributed by atoms with Crippen LogP contribution in [0.4, 0.5) is 0 Å². The minimum atomic E-state index is -0.257. The van der Waals surface area contributed by atoms with Crippen LogP contribution >= 0.6 is 0 Å². The van der Waals surface area contributed by atoms with Crippen molar-refractivity contribution in [2.45, 2.75) is 0 Å². The number of aromatic nitrogens is 2. The summed E-state index contributed by atoms with van der Waals surface area (Å²) in [5.41, 5.74) is 0.208. The number of aryl methyl sites for hydroxylation is 1. The molecule has 0 unspecified atom stereocenters. The van der Waals surface area contributed by atoms with Gasteiger partial charge < -0.3 is 10.0 Å². The highest BCUT2D eigenvalue weighted by atomic mass is 16.3. The number of carbonyl (C=O) groups excluding carboxylic acids is 1. The summed E-state index contributed by atoms with van der Waals surface area (Å²) in [6, 6.07) is 0. The lowest BCUT2D eigenvalue weighted by molar-refractivity contribution is 0.0814. The fourth-order valence-corrected chi connectivity index (χ4v) is 0.886. The van der Waals surface area contributed by atoms with Gasteiger partial charge in [-0.3, -0.25) is 9.48 Å². The van der Waals surface area contributed by atoms with Crippen LogP contribution in [0.25, 0.3) is 0 Å². The maximum Gasteiger partial charge on any atom is 0.275 e. The second-order valence-corrected chi connectivity index (χ2v) is 2.70. The van der Waals surface area contributed by atoms with Crippen molar-refractivity contribution in [3.8, 4) is 5.75 Å². The van der Waals surface area contributed by atoms with E-state index in [9.17, 15) is 9.90 Å². The topological polar surface area (TPSA) is 58.4 Å². The number of hydrogen-bond donors (Lipinski definition) is 1. The molecule has 1 amide bonds. The first-order chi connectivity index (χ1) is 5.54. The number of rotatable bonds is 1. The molecule has 66 valence electrons. The Balaban J connectivity index is 3.09. The monoisotopic (exact) mass is 169 g/mol. The average Bonchev–Trinajstić information content (AvgIpc) is 2.30. The molecule has 0 atom stereocenters. The summed E-state index contributed by atoms with van der Waals surface area (Å²) < 4.78 is 1.34. The maximum atomic E-state index is 11.4. The van der Waals surface area contributed by atoms with Gasteiger partial charge in [0.25, 0.3) is 5.91 Å². The van der Waals surface area contributed by atoms with Crippen LogP contribution in [0, 0.1) is 0 Å². The molecular formula is C7H11N3O2. The third kappa shape index (κ3) is 1.25. The normalized spacial score (nSPS) is 9.92. The van der Waals surface area contributed by atoms with Crippen molar-refractivity contribution < 1.29 is 9.90 Å². The highest BCUT2D eigenvalue weighted by Gasteiger charge is 2.17. The van der Waals surface area contributed by atoms with Crippen molar-refractivity contribution in [2.24, 2.45) is 7.05 Å². The fraction of sp³-hybridized carbons (Fsp3) is 0.429. The van der Waals surface area contributed by atoms with Crippen molar-refractivity contribution in [2.75, 3.05) is 14.1 Å². The molecule has 1 rings (SSSR count). The van der Waals surface area contributed by atoms with Crippen LogP contribution in [-0.2, 0) is 7.05 Å². The Bertz CT molecular complexity index is 284. The summed E-state index contributed by atoms with van der Waals surface area (Å²) in [4.78, 5) is 12.7. The molecule has 0 aromatic carbocycles. The smallest absolute Gasteiger partial charge is 0.275 e. The first kappa shape index (κ1) is 8.58. The SMILES string of the molecule is CN(C)C(=O)c1c(O)cnn1C. The Labute approximate surface area is 70.2 Å². The van der Waals surface area contributed by atoms with Gasteiger partial charge in [-0.05, 0) is 0 Å². The van der Waals surface area contributed by atoms with Crippen LogP contribution in [0.15, 0.2) is 6.20 Å². The van der Waals surface area contributed by atoms with Crippen molar-refractivity contribution in [3.05, 3.63) is 11.9 Å². The lowest BCUT2D eigenvalue weighted by atomic mass is 10.3. The number of aromatic hydroxyl groups is 1. The van der Waals surface area contributed by atoms with Gasteiger partial charge in [0.05, 0.1) is 6.20 Å².